The Bertz CT molecular complexity index is 1120. The van der Waals surface area contributed by atoms with E-state index in [2.05, 4.69) is 10.5 Å². The predicted molar refractivity (Wildman–Crippen MR) is 118 cm³/mol. The number of halogens is 3. The van der Waals surface area contributed by atoms with Crippen LogP contribution in [0, 0.1) is 12.7 Å². The van der Waals surface area contributed by atoms with Gasteiger partial charge in [0.15, 0.2) is 0 Å². The number of hydrogen-bond acceptors (Lipinski definition) is 4. The van der Waals surface area contributed by atoms with Crippen LogP contribution in [-0.4, -0.2) is 35.0 Å². The molecule has 31 heavy (non-hydrogen) atoms. The zero-order valence-electron chi connectivity index (χ0n) is 17.1. The van der Waals surface area contributed by atoms with Crippen molar-refractivity contribution in [2.75, 3.05) is 18.4 Å². The molecule has 0 aliphatic rings. The molecule has 3 aromatic rings. The molecule has 1 N–H and O–H groups in total. The fourth-order valence-corrected chi connectivity index (χ4v) is 3.69. The van der Waals surface area contributed by atoms with Crippen molar-refractivity contribution < 1.29 is 18.5 Å². The van der Waals surface area contributed by atoms with Crippen LogP contribution in [-0.2, 0) is 0 Å². The lowest BCUT2D eigenvalue weighted by atomic mass is 10.0. The van der Waals surface area contributed by atoms with E-state index in [4.69, 9.17) is 27.7 Å². The first-order valence-electron chi connectivity index (χ1n) is 9.59. The van der Waals surface area contributed by atoms with Gasteiger partial charge in [0.25, 0.3) is 11.8 Å². The molecule has 0 aliphatic carbocycles. The Hall–Kier alpha value is -2.90. The van der Waals surface area contributed by atoms with Gasteiger partial charge in [0.2, 0.25) is 0 Å². The molecule has 0 atom stereocenters. The Morgan fingerprint density at radius 3 is 2.45 bits per heavy atom. The van der Waals surface area contributed by atoms with E-state index in [1.165, 1.54) is 24.3 Å². The number of nitrogens with one attached hydrogen (secondary N) is 1. The van der Waals surface area contributed by atoms with Crippen LogP contribution in [0.2, 0.25) is 10.0 Å². The maximum absolute atomic E-state index is 14.4. The van der Waals surface area contributed by atoms with E-state index < -0.39 is 11.7 Å². The average molecular weight is 464 g/mol. The van der Waals surface area contributed by atoms with Gasteiger partial charge in [-0.1, -0.05) is 34.4 Å². The first kappa shape index (κ1) is 22.8. The molecule has 162 valence electrons. The van der Waals surface area contributed by atoms with Crippen molar-refractivity contribution in [3.8, 4) is 11.3 Å². The fraction of sp³-hybridized carbons (Fsp3) is 0.227. The van der Waals surface area contributed by atoms with E-state index in [0.29, 0.717) is 24.3 Å². The zero-order valence-corrected chi connectivity index (χ0v) is 18.6. The van der Waals surface area contributed by atoms with E-state index >= 15 is 0 Å². The van der Waals surface area contributed by atoms with Crippen molar-refractivity contribution in [3.63, 3.8) is 0 Å². The Morgan fingerprint density at radius 1 is 1.13 bits per heavy atom. The second-order valence-electron chi connectivity index (χ2n) is 6.69. The smallest absolute Gasteiger partial charge is 0.261 e. The van der Waals surface area contributed by atoms with Crippen molar-refractivity contribution >= 4 is 40.7 Å². The van der Waals surface area contributed by atoms with Crippen molar-refractivity contribution in [3.05, 3.63) is 69.1 Å². The molecule has 0 unspecified atom stereocenters. The number of rotatable bonds is 6. The highest BCUT2D eigenvalue weighted by Crippen LogP contribution is 2.34. The van der Waals surface area contributed by atoms with Crippen LogP contribution in [0.3, 0.4) is 0 Å². The third-order valence-electron chi connectivity index (χ3n) is 4.80. The van der Waals surface area contributed by atoms with Gasteiger partial charge in [-0.25, -0.2) is 4.39 Å². The van der Waals surface area contributed by atoms with E-state index in [0.717, 1.165) is 0 Å². The molecule has 0 aliphatic heterocycles. The maximum atomic E-state index is 14.4. The second kappa shape index (κ2) is 9.49. The Labute approximate surface area is 188 Å². The summed E-state index contributed by atoms with van der Waals surface area (Å²) in [5, 5.41) is 6.82. The van der Waals surface area contributed by atoms with Crippen LogP contribution in [0.4, 0.5) is 10.1 Å². The third kappa shape index (κ3) is 4.57. The number of carbonyl (C=O) groups is 2. The van der Waals surface area contributed by atoms with E-state index in [-0.39, 0.29) is 38.5 Å². The van der Waals surface area contributed by atoms with E-state index in [1.54, 1.807) is 24.0 Å². The Kier molecular flexibility index (Phi) is 6.97. The summed E-state index contributed by atoms with van der Waals surface area (Å²) in [6, 6.07) is 8.77. The summed E-state index contributed by atoms with van der Waals surface area (Å²) in [6.45, 7) is 6.41. The molecule has 1 heterocycles. The lowest BCUT2D eigenvalue weighted by Crippen LogP contribution is -2.30. The third-order valence-corrected chi connectivity index (χ3v) is 5.43. The molecule has 0 spiro atoms. The number of benzene rings is 2. The summed E-state index contributed by atoms with van der Waals surface area (Å²) >= 11 is 12.4. The first-order valence-corrected chi connectivity index (χ1v) is 10.3. The number of carbonyl (C=O) groups excluding carboxylic acids is 2. The molecule has 9 heteroatoms. The van der Waals surface area contributed by atoms with Gasteiger partial charge in [-0.05, 0) is 51.1 Å². The van der Waals surface area contributed by atoms with Crippen LogP contribution in [0.25, 0.3) is 11.3 Å². The van der Waals surface area contributed by atoms with Crippen LogP contribution in [0.5, 0.6) is 0 Å². The zero-order chi connectivity index (χ0) is 22.7. The molecule has 0 radical (unpaired) electrons. The second-order valence-corrected chi connectivity index (χ2v) is 7.50. The van der Waals surface area contributed by atoms with Gasteiger partial charge in [-0.3, -0.25) is 9.59 Å². The topological polar surface area (TPSA) is 75.4 Å². The minimum atomic E-state index is -0.628. The first-order chi connectivity index (χ1) is 14.8. The quantitative estimate of drug-likeness (QED) is 0.498. The van der Waals surface area contributed by atoms with Crippen LogP contribution in [0.15, 0.2) is 40.9 Å². The highest BCUT2D eigenvalue weighted by atomic mass is 35.5. The average Bonchev–Trinajstić information content (AvgIpc) is 3.10. The van der Waals surface area contributed by atoms with Crippen molar-refractivity contribution in [1.29, 1.82) is 0 Å². The lowest BCUT2D eigenvalue weighted by Gasteiger charge is -2.19. The van der Waals surface area contributed by atoms with Crippen LogP contribution >= 0.6 is 23.2 Å². The normalized spacial score (nSPS) is 10.8. The van der Waals surface area contributed by atoms with Crippen molar-refractivity contribution in [1.82, 2.24) is 10.1 Å². The summed E-state index contributed by atoms with van der Waals surface area (Å²) in [4.78, 5) is 27.1. The van der Waals surface area contributed by atoms with Gasteiger partial charge in [0, 0.05) is 18.8 Å². The number of aromatic nitrogens is 1. The van der Waals surface area contributed by atoms with Crippen molar-refractivity contribution in [2.24, 2.45) is 0 Å². The molecule has 2 aromatic carbocycles. The summed E-state index contributed by atoms with van der Waals surface area (Å²) in [6.07, 6.45) is 0. The van der Waals surface area contributed by atoms with Gasteiger partial charge >= 0.3 is 0 Å². The van der Waals surface area contributed by atoms with Gasteiger partial charge in [-0.15, -0.1) is 0 Å². The van der Waals surface area contributed by atoms with E-state index in [9.17, 15) is 14.0 Å². The summed E-state index contributed by atoms with van der Waals surface area (Å²) in [5.41, 5.74) is 0.717. The minimum Gasteiger partial charge on any atom is -0.360 e. The van der Waals surface area contributed by atoms with E-state index in [1.807, 2.05) is 13.8 Å². The lowest BCUT2D eigenvalue weighted by molar-refractivity contribution is 0.0773. The number of nitrogens with zero attached hydrogens (tertiary/aromatic N) is 2. The summed E-state index contributed by atoms with van der Waals surface area (Å²) < 4.78 is 19.5. The Balaban J connectivity index is 1.91. The highest BCUT2D eigenvalue weighted by molar-refractivity contribution is 6.34. The van der Waals surface area contributed by atoms with Crippen LogP contribution < -0.4 is 5.32 Å². The predicted octanol–water partition coefficient (Wildman–Crippen LogP) is 5.83. The number of anilines is 1. The molecule has 0 saturated heterocycles. The number of aryl methyl sites for hydroxylation is 1. The van der Waals surface area contributed by atoms with Crippen LogP contribution in [0.1, 0.15) is 40.3 Å². The maximum Gasteiger partial charge on any atom is 0.261 e. The minimum absolute atomic E-state index is 0.00229. The monoisotopic (exact) mass is 463 g/mol. The molecule has 2 amide bonds. The largest absolute Gasteiger partial charge is 0.360 e. The molecule has 3 rings (SSSR count). The molecule has 0 bridgehead atoms. The SMILES string of the molecule is CCN(CC)C(=O)c1ccc(NC(=O)c2c(-c3c(F)cccc3Cl)noc2C)cc1Cl. The van der Waals surface area contributed by atoms with Gasteiger partial charge in [-0.2, -0.15) is 0 Å². The number of hydrogen-bond donors (Lipinski definition) is 1. The highest BCUT2D eigenvalue weighted by Gasteiger charge is 2.26. The van der Waals surface area contributed by atoms with Crippen molar-refractivity contribution in [2.45, 2.75) is 20.8 Å². The summed E-state index contributed by atoms with van der Waals surface area (Å²) in [5.74, 6) is -1.20. The number of amides is 2. The standard InChI is InChI=1S/C22H20Cl2FN3O3/c1-4-28(5-2)22(30)14-10-9-13(11-16(14)24)26-21(29)18-12(3)31-27-20(18)19-15(23)7-6-8-17(19)25/h6-11H,4-5H2,1-3H3,(H,26,29). The summed E-state index contributed by atoms with van der Waals surface area (Å²) in [7, 11) is 0. The molecule has 6 nitrogen and oxygen atoms in total. The Morgan fingerprint density at radius 2 is 1.84 bits per heavy atom. The van der Waals surface area contributed by atoms with Gasteiger partial charge < -0.3 is 14.7 Å². The molecule has 0 saturated carbocycles. The van der Waals surface area contributed by atoms with Gasteiger partial charge in [0.05, 0.1) is 21.2 Å². The molecular formula is C22H20Cl2FN3O3. The molecule has 1 aromatic heterocycles. The fourth-order valence-electron chi connectivity index (χ4n) is 3.18. The van der Waals surface area contributed by atoms with Gasteiger partial charge in [0.1, 0.15) is 22.8 Å². The molecule has 0 fully saturated rings. The molecular weight excluding hydrogens is 444 g/mol.